The molecule has 6 nitrogen and oxygen atoms in total. The first-order valence-corrected chi connectivity index (χ1v) is 9.95. The summed E-state index contributed by atoms with van der Waals surface area (Å²) in [5, 5.41) is 12.8. The zero-order valence-electron chi connectivity index (χ0n) is 14.9. The SMILES string of the molecule is CCC(=O)Nc1ccc(S(=O)(=O)NCCC(O)c2ccccc2)c(C)c1. The first-order chi connectivity index (χ1) is 12.3. The van der Waals surface area contributed by atoms with Crippen molar-refractivity contribution >= 4 is 21.6 Å². The van der Waals surface area contributed by atoms with Crippen molar-refractivity contribution in [3.05, 3.63) is 59.7 Å². The Morgan fingerprint density at radius 2 is 1.85 bits per heavy atom. The molecule has 2 rings (SSSR count). The van der Waals surface area contributed by atoms with Gasteiger partial charge in [0, 0.05) is 18.7 Å². The van der Waals surface area contributed by atoms with Crippen LogP contribution < -0.4 is 10.0 Å². The second-order valence-corrected chi connectivity index (χ2v) is 7.73. The van der Waals surface area contributed by atoms with Crippen molar-refractivity contribution in [1.29, 1.82) is 0 Å². The Balaban J connectivity index is 2.00. The molecule has 1 amide bonds. The van der Waals surface area contributed by atoms with Crippen molar-refractivity contribution in [3.8, 4) is 0 Å². The minimum absolute atomic E-state index is 0.117. The summed E-state index contributed by atoms with van der Waals surface area (Å²) in [7, 11) is -3.69. The van der Waals surface area contributed by atoms with E-state index in [0.29, 0.717) is 17.7 Å². The van der Waals surface area contributed by atoms with Gasteiger partial charge in [-0.05, 0) is 42.7 Å². The van der Waals surface area contributed by atoms with Crippen LogP contribution in [-0.4, -0.2) is 26.0 Å². The Morgan fingerprint density at radius 3 is 2.46 bits per heavy atom. The third kappa shape index (κ3) is 5.39. The van der Waals surface area contributed by atoms with E-state index in [9.17, 15) is 18.3 Å². The van der Waals surface area contributed by atoms with Crippen LogP contribution in [0.3, 0.4) is 0 Å². The van der Waals surface area contributed by atoms with Gasteiger partial charge in [-0.3, -0.25) is 4.79 Å². The highest BCUT2D eigenvalue weighted by molar-refractivity contribution is 7.89. The van der Waals surface area contributed by atoms with Gasteiger partial charge in [-0.15, -0.1) is 0 Å². The van der Waals surface area contributed by atoms with E-state index in [-0.39, 0.29) is 23.8 Å². The lowest BCUT2D eigenvalue weighted by molar-refractivity contribution is -0.115. The van der Waals surface area contributed by atoms with Crippen LogP contribution >= 0.6 is 0 Å². The van der Waals surface area contributed by atoms with Crippen LogP contribution in [0.2, 0.25) is 0 Å². The molecule has 26 heavy (non-hydrogen) atoms. The Hall–Kier alpha value is -2.22. The number of carbonyl (C=O) groups excluding carboxylic acids is 1. The van der Waals surface area contributed by atoms with Crippen molar-refractivity contribution < 1.29 is 18.3 Å². The van der Waals surface area contributed by atoms with Gasteiger partial charge in [0.15, 0.2) is 0 Å². The summed E-state index contributed by atoms with van der Waals surface area (Å²) in [5.74, 6) is -0.131. The van der Waals surface area contributed by atoms with Crippen LogP contribution in [0.4, 0.5) is 5.69 Å². The molecule has 7 heteroatoms. The summed E-state index contributed by atoms with van der Waals surface area (Å²) in [6.07, 6.45) is -0.108. The number of hydrogen-bond donors (Lipinski definition) is 3. The topological polar surface area (TPSA) is 95.5 Å². The van der Waals surface area contributed by atoms with E-state index in [1.54, 1.807) is 38.1 Å². The lowest BCUT2D eigenvalue weighted by Crippen LogP contribution is -2.26. The summed E-state index contributed by atoms with van der Waals surface area (Å²) in [4.78, 5) is 11.6. The predicted octanol–water partition coefficient (Wildman–Crippen LogP) is 2.75. The molecule has 3 N–H and O–H groups in total. The quantitative estimate of drug-likeness (QED) is 0.660. The third-order valence-corrected chi connectivity index (χ3v) is 5.58. The number of anilines is 1. The maximum absolute atomic E-state index is 12.5. The minimum Gasteiger partial charge on any atom is -0.388 e. The lowest BCUT2D eigenvalue weighted by Gasteiger charge is -2.13. The molecule has 2 aromatic rings. The summed E-state index contributed by atoms with van der Waals surface area (Å²) < 4.78 is 27.5. The van der Waals surface area contributed by atoms with Gasteiger partial charge >= 0.3 is 0 Å². The van der Waals surface area contributed by atoms with Crippen LogP contribution in [0, 0.1) is 6.92 Å². The smallest absolute Gasteiger partial charge is 0.240 e. The Labute approximate surface area is 154 Å². The summed E-state index contributed by atoms with van der Waals surface area (Å²) in [6, 6.07) is 13.8. The molecule has 0 fully saturated rings. The van der Waals surface area contributed by atoms with Crippen LogP contribution in [-0.2, 0) is 14.8 Å². The van der Waals surface area contributed by atoms with Gasteiger partial charge in [-0.2, -0.15) is 0 Å². The zero-order chi connectivity index (χ0) is 19.2. The van der Waals surface area contributed by atoms with E-state index in [1.165, 1.54) is 6.07 Å². The molecular formula is C19H24N2O4S. The number of aryl methyl sites for hydroxylation is 1. The zero-order valence-corrected chi connectivity index (χ0v) is 15.7. The molecule has 0 saturated heterocycles. The second kappa shape index (κ2) is 8.93. The standard InChI is InChI=1S/C19H24N2O4S/c1-3-19(23)21-16-9-10-18(14(2)13-16)26(24,25)20-12-11-17(22)15-7-5-4-6-8-15/h4-10,13,17,20,22H,3,11-12H2,1-2H3,(H,21,23). The minimum atomic E-state index is -3.69. The molecule has 0 aromatic heterocycles. The van der Waals surface area contributed by atoms with Crippen LogP contribution in [0.25, 0.3) is 0 Å². The summed E-state index contributed by atoms with van der Waals surface area (Å²) in [6.45, 7) is 3.54. The highest BCUT2D eigenvalue weighted by Gasteiger charge is 2.18. The maximum Gasteiger partial charge on any atom is 0.240 e. The Morgan fingerprint density at radius 1 is 1.15 bits per heavy atom. The van der Waals surface area contributed by atoms with Gasteiger partial charge in [-0.25, -0.2) is 13.1 Å². The number of carbonyl (C=O) groups is 1. The molecule has 0 bridgehead atoms. The highest BCUT2D eigenvalue weighted by atomic mass is 32.2. The normalized spacial score (nSPS) is 12.6. The maximum atomic E-state index is 12.5. The number of rotatable bonds is 8. The number of amides is 1. The lowest BCUT2D eigenvalue weighted by atomic mass is 10.1. The van der Waals surface area contributed by atoms with E-state index >= 15 is 0 Å². The molecule has 0 spiro atoms. The molecule has 1 atom stereocenters. The fourth-order valence-electron chi connectivity index (χ4n) is 2.53. The van der Waals surface area contributed by atoms with Crippen molar-refractivity contribution in [3.63, 3.8) is 0 Å². The van der Waals surface area contributed by atoms with E-state index in [1.807, 2.05) is 18.2 Å². The van der Waals surface area contributed by atoms with Gasteiger partial charge < -0.3 is 10.4 Å². The summed E-state index contributed by atoms with van der Waals surface area (Å²) in [5.41, 5.74) is 1.85. The predicted molar refractivity (Wildman–Crippen MR) is 101 cm³/mol. The first kappa shape index (κ1) is 20.1. The Kier molecular flexibility index (Phi) is 6.90. The largest absolute Gasteiger partial charge is 0.388 e. The van der Waals surface area contributed by atoms with Crippen LogP contribution in [0.15, 0.2) is 53.4 Å². The van der Waals surface area contributed by atoms with Crippen LogP contribution in [0.5, 0.6) is 0 Å². The fourth-order valence-corrected chi connectivity index (χ4v) is 3.80. The van der Waals surface area contributed by atoms with Gasteiger partial charge in [0.2, 0.25) is 15.9 Å². The number of hydrogen-bond acceptors (Lipinski definition) is 4. The second-order valence-electron chi connectivity index (χ2n) is 5.99. The van der Waals surface area contributed by atoms with Gasteiger partial charge in [0.05, 0.1) is 11.0 Å². The van der Waals surface area contributed by atoms with Crippen molar-refractivity contribution in [2.75, 3.05) is 11.9 Å². The van der Waals surface area contributed by atoms with Crippen molar-refractivity contribution in [2.45, 2.75) is 37.7 Å². The molecule has 0 aliphatic rings. The van der Waals surface area contributed by atoms with E-state index in [2.05, 4.69) is 10.0 Å². The molecule has 0 saturated carbocycles. The molecule has 0 radical (unpaired) electrons. The fraction of sp³-hybridized carbons (Fsp3) is 0.316. The molecule has 0 heterocycles. The Bertz CT molecular complexity index is 851. The van der Waals surface area contributed by atoms with Gasteiger partial charge in [0.25, 0.3) is 0 Å². The average molecular weight is 376 g/mol. The molecule has 1 unspecified atom stereocenters. The molecule has 0 aliphatic heterocycles. The average Bonchev–Trinajstić information content (AvgIpc) is 2.62. The third-order valence-electron chi connectivity index (χ3n) is 3.96. The highest BCUT2D eigenvalue weighted by Crippen LogP contribution is 2.20. The van der Waals surface area contributed by atoms with Crippen molar-refractivity contribution in [1.82, 2.24) is 4.72 Å². The number of sulfonamides is 1. The molecule has 2 aromatic carbocycles. The number of nitrogens with one attached hydrogen (secondary N) is 2. The van der Waals surface area contributed by atoms with E-state index in [0.717, 1.165) is 5.56 Å². The number of benzene rings is 2. The molecule has 140 valence electrons. The number of aliphatic hydroxyl groups excluding tert-OH is 1. The van der Waals surface area contributed by atoms with Crippen LogP contribution in [0.1, 0.15) is 37.0 Å². The first-order valence-electron chi connectivity index (χ1n) is 8.46. The number of aliphatic hydroxyl groups is 1. The van der Waals surface area contributed by atoms with Gasteiger partial charge in [0.1, 0.15) is 0 Å². The summed E-state index contributed by atoms with van der Waals surface area (Å²) >= 11 is 0. The van der Waals surface area contributed by atoms with E-state index in [4.69, 9.17) is 0 Å². The van der Waals surface area contributed by atoms with E-state index < -0.39 is 16.1 Å². The molecular weight excluding hydrogens is 352 g/mol. The van der Waals surface area contributed by atoms with Gasteiger partial charge in [-0.1, -0.05) is 37.3 Å². The van der Waals surface area contributed by atoms with Crippen molar-refractivity contribution in [2.24, 2.45) is 0 Å². The monoisotopic (exact) mass is 376 g/mol. The molecule has 0 aliphatic carbocycles.